The van der Waals surface area contributed by atoms with E-state index in [0.717, 1.165) is 5.56 Å². The van der Waals surface area contributed by atoms with Crippen LogP contribution in [0, 0.1) is 11.2 Å². The van der Waals surface area contributed by atoms with Crippen molar-refractivity contribution in [2.75, 3.05) is 12.4 Å². The Bertz CT molecular complexity index is 1020. The minimum Gasteiger partial charge on any atom is -0.497 e. The number of hydrogen-bond acceptors (Lipinski definition) is 5. The van der Waals surface area contributed by atoms with Gasteiger partial charge >= 0.3 is 0 Å². The van der Waals surface area contributed by atoms with Gasteiger partial charge in [-0.25, -0.2) is 9.07 Å². The zero-order valence-electron chi connectivity index (χ0n) is 15.8. The first-order valence-corrected chi connectivity index (χ1v) is 8.86. The molecule has 8 heteroatoms. The van der Waals surface area contributed by atoms with E-state index in [9.17, 15) is 9.18 Å². The third kappa shape index (κ3) is 2.90. The molecule has 0 bridgehead atoms. The lowest BCUT2D eigenvalue weighted by Gasteiger charge is -2.21. The van der Waals surface area contributed by atoms with Crippen LogP contribution >= 0.6 is 0 Å². The zero-order valence-corrected chi connectivity index (χ0v) is 15.8. The van der Waals surface area contributed by atoms with Crippen molar-refractivity contribution >= 4 is 11.6 Å². The zero-order chi connectivity index (χ0) is 19.9. The normalized spacial score (nSPS) is 19.9. The number of nitrogens with one attached hydrogen (secondary N) is 1. The first-order valence-electron chi connectivity index (χ1n) is 8.86. The molecule has 1 unspecified atom stereocenters. The number of anilines is 1. The summed E-state index contributed by atoms with van der Waals surface area (Å²) >= 11 is 0. The van der Waals surface area contributed by atoms with Crippen molar-refractivity contribution in [3.05, 3.63) is 60.2 Å². The summed E-state index contributed by atoms with van der Waals surface area (Å²) in [6, 6.07) is 11.4. The minimum absolute atomic E-state index is 0.139. The summed E-state index contributed by atoms with van der Waals surface area (Å²) in [7, 11) is 1.55. The molecule has 144 valence electrons. The number of hydrogen-bond donors (Lipinski definition) is 1. The Balaban J connectivity index is 1.67. The third-order valence-electron chi connectivity index (χ3n) is 5.46. The van der Waals surface area contributed by atoms with Crippen LogP contribution in [0.25, 0.3) is 5.69 Å². The minimum atomic E-state index is -0.710. The highest BCUT2D eigenvalue weighted by molar-refractivity contribution is 6.03. The fourth-order valence-electron chi connectivity index (χ4n) is 3.79. The van der Waals surface area contributed by atoms with E-state index in [4.69, 9.17) is 4.74 Å². The summed E-state index contributed by atoms with van der Waals surface area (Å²) < 4.78 is 20.2. The highest BCUT2D eigenvalue weighted by Crippen LogP contribution is 2.64. The molecule has 1 N–H and O–H groups in total. The van der Waals surface area contributed by atoms with Gasteiger partial charge in [-0.3, -0.25) is 4.79 Å². The van der Waals surface area contributed by atoms with Gasteiger partial charge in [-0.1, -0.05) is 26.0 Å². The monoisotopic (exact) mass is 381 g/mol. The number of methoxy groups -OCH3 is 1. The first kappa shape index (κ1) is 18.1. The fraction of sp³-hybridized carbons (Fsp3) is 0.300. The predicted octanol–water partition coefficient (Wildman–Crippen LogP) is 3.12. The van der Waals surface area contributed by atoms with Crippen molar-refractivity contribution in [2.24, 2.45) is 5.41 Å². The molecule has 1 heterocycles. The second kappa shape index (κ2) is 6.40. The Labute approximate surface area is 161 Å². The topological polar surface area (TPSA) is 81.9 Å². The standard InChI is InChI=1S/C20H20FN5O2/c1-19(2)11-20(19,13-4-6-14(21)7-5-13)18(27)23-15-8-16(10-17(9-15)28-3)26-12-22-24-25-26/h4-10,12H,11H2,1-3H3,(H,23,27). The Morgan fingerprint density at radius 2 is 1.93 bits per heavy atom. The van der Waals surface area contributed by atoms with Gasteiger partial charge < -0.3 is 10.1 Å². The molecule has 1 atom stereocenters. The molecule has 2 aromatic carbocycles. The Morgan fingerprint density at radius 3 is 2.50 bits per heavy atom. The summed E-state index contributed by atoms with van der Waals surface area (Å²) in [6.07, 6.45) is 2.14. The van der Waals surface area contributed by atoms with E-state index >= 15 is 0 Å². The van der Waals surface area contributed by atoms with Crippen molar-refractivity contribution in [2.45, 2.75) is 25.7 Å². The number of tetrazole rings is 1. The number of halogens is 1. The van der Waals surface area contributed by atoms with Crippen LogP contribution in [0.1, 0.15) is 25.8 Å². The molecule has 1 aliphatic carbocycles. The van der Waals surface area contributed by atoms with Gasteiger partial charge in [-0.2, -0.15) is 0 Å². The molecule has 0 spiro atoms. The quantitative estimate of drug-likeness (QED) is 0.734. The molecule has 28 heavy (non-hydrogen) atoms. The van der Waals surface area contributed by atoms with E-state index in [1.807, 2.05) is 13.8 Å². The van der Waals surface area contributed by atoms with Gasteiger partial charge in [0, 0.05) is 17.8 Å². The number of rotatable bonds is 5. The van der Waals surface area contributed by atoms with E-state index in [0.29, 0.717) is 23.5 Å². The molecule has 1 aromatic heterocycles. The number of nitrogens with zero attached hydrogens (tertiary/aromatic N) is 4. The Kier molecular flexibility index (Phi) is 4.14. The van der Waals surface area contributed by atoms with Gasteiger partial charge in [0.1, 0.15) is 17.9 Å². The van der Waals surface area contributed by atoms with Gasteiger partial charge in [-0.15, -0.1) is 5.10 Å². The highest BCUT2D eigenvalue weighted by Gasteiger charge is 2.67. The van der Waals surface area contributed by atoms with E-state index in [1.165, 1.54) is 23.1 Å². The van der Waals surface area contributed by atoms with Crippen LogP contribution in [0.15, 0.2) is 48.8 Å². The van der Waals surface area contributed by atoms with E-state index in [2.05, 4.69) is 20.8 Å². The number of ether oxygens (including phenoxy) is 1. The first-order chi connectivity index (χ1) is 13.4. The van der Waals surface area contributed by atoms with Crippen molar-refractivity contribution in [3.8, 4) is 11.4 Å². The summed E-state index contributed by atoms with van der Waals surface area (Å²) in [5.74, 6) is 0.103. The maximum absolute atomic E-state index is 13.4. The van der Waals surface area contributed by atoms with Crippen LogP contribution in [-0.4, -0.2) is 33.2 Å². The maximum atomic E-state index is 13.4. The van der Waals surface area contributed by atoms with Gasteiger partial charge in [0.25, 0.3) is 0 Å². The summed E-state index contributed by atoms with van der Waals surface area (Å²) in [5.41, 5.74) is 1.09. The van der Waals surface area contributed by atoms with Crippen molar-refractivity contribution < 1.29 is 13.9 Å². The van der Waals surface area contributed by atoms with Crippen molar-refractivity contribution in [1.29, 1.82) is 0 Å². The second-order valence-corrected chi connectivity index (χ2v) is 7.60. The van der Waals surface area contributed by atoms with E-state index in [-0.39, 0.29) is 17.1 Å². The molecular weight excluding hydrogens is 361 g/mol. The van der Waals surface area contributed by atoms with Crippen LogP contribution in [0.5, 0.6) is 5.75 Å². The molecule has 1 fully saturated rings. The van der Waals surface area contributed by atoms with Crippen LogP contribution in [0.4, 0.5) is 10.1 Å². The average Bonchev–Trinajstić information content (AvgIpc) is 3.03. The molecule has 0 saturated heterocycles. The molecule has 1 saturated carbocycles. The Hall–Kier alpha value is -3.29. The number of aromatic nitrogens is 4. The SMILES string of the molecule is COc1cc(NC(=O)C2(c3ccc(F)cc3)CC2(C)C)cc(-n2cnnn2)c1. The molecule has 0 aliphatic heterocycles. The largest absolute Gasteiger partial charge is 0.497 e. The molecule has 7 nitrogen and oxygen atoms in total. The molecule has 4 rings (SSSR count). The van der Waals surface area contributed by atoms with Crippen LogP contribution < -0.4 is 10.1 Å². The second-order valence-electron chi connectivity index (χ2n) is 7.60. The Morgan fingerprint density at radius 1 is 1.21 bits per heavy atom. The lowest BCUT2D eigenvalue weighted by molar-refractivity contribution is -0.119. The van der Waals surface area contributed by atoms with E-state index in [1.54, 1.807) is 37.4 Å². The number of carbonyl (C=O) groups is 1. The van der Waals surface area contributed by atoms with Gasteiger partial charge in [0.15, 0.2) is 0 Å². The molecule has 1 amide bonds. The fourth-order valence-corrected chi connectivity index (χ4v) is 3.79. The summed E-state index contributed by atoms with van der Waals surface area (Å²) in [4.78, 5) is 13.3. The number of amides is 1. The van der Waals surface area contributed by atoms with Crippen molar-refractivity contribution in [3.63, 3.8) is 0 Å². The van der Waals surface area contributed by atoms with Gasteiger partial charge in [0.2, 0.25) is 5.91 Å². The number of carbonyl (C=O) groups excluding carboxylic acids is 1. The average molecular weight is 381 g/mol. The van der Waals surface area contributed by atoms with Crippen LogP contribution in [0.3, 0.4) is 0 Å². The lowest BCUT2D eigenvalue weighted by atomic mass is 9.87. The molecule has 3 aromatic rings. The third-order valence-corrected chi connectivity index (χ3v) is 5.46. The molecular formula is C20H20FN5O2. The smallest absolute Gasteiger partial charge is 0.235 e. The number of benzene rings is 2. The van der Waals surface area contributed by atoms with Crippen LogP contribution in [-0.2, 0) is 10.2 Å². The lowest BCUT2D eigenvalue weighted by Crippen LogP contribution is -2.32. The van der Waals surface area contributed by atoms with E-state index < -0.39 is 5.41 Å². The predicted molar refractivity (Wildman–Crippen MR) is 101 cm³/mol. The molecule has 0 radical (unpaired) electrons. The van der Waals surface area contributed by atoms with Gasteiger partial charge in [-0.05, 0) is 46.0 Å². The highest BCUT2D eigenvalue weighted by atomic mass is 19.1. The van der Waals surface area contributed by atoms with Crippen LogP contribution in [0.2, 0.25) is 0 Å². The molecule has 1 aliphatic rings. The maximum Gasteiger partial charge on any atom is 0.235 e. The van der Waals surface area contributed by atoms with Gasteiger partial charge in [0.05, 0.1) is 18.2 Å². The summed E-state index contributed by atoms with van der Waals surface area (Å²) in [5, 5.41) is 14.1. The summed E-state index contributed by atoms with van der Waals surface area (Å²) in [6.45, 7) is 4.07. The van der Waals surface area contributed by atoms with Crippen molar-refractivity contribution in [1.82, 2.24) is 20.2 Å².